The third-order valence-electron chi connectivity index (χ3n) is 1.05. The van der Waals surface area contributed by atoms with E-state index in [4.69, 9.17) is 4.43 Å². The number of benzene rings is 1. The van der Waals surface area contributed by atoms with Crippen LogP contribution < -0.4 is 4.43 Å². The van der Waals surface area contributed by atoms with Gasteiger partial charge in [0.05, 0.1) is 0 Å². The molecule has 0 radical (unpaired) electrons. The minimum Gasteiger partial charge on any atom is -0.550 e. The van der Waals surface area contributed by atoms with Gasteiger partial charge in [-0.25, -0.2) is 0 Å². The van der Waals surface area contributed by atoms with Crippen LogP contribution in [-0.4, -0.2) is 9.76 Å². The van der Waals surface area contributed by atoms with E-state index in [0.717, 1.165) is 5.75 Å². The molecule has 1 aromatic carbocycles. The fraction of sp³-hybridized carbons (Fsp3) is 0.143. The first-order valence-corrected chi connectivity index (χ1v) is 5.10. The van der Waals surface area contributed by atoms with Gasteiger partial charge < -0.3 is 4.43 Å². The molecule has 0 amide bonds. The molecule has 0 saturated carbocycles. The molecule has 0 aliphatic carbocycles. The quantitative estimate of drug-likeness (QED) is 0.558. The lowest BCUT2D eigenvalue weighted by Gasteiger charge is -1.99. The molecule has 1 rings (SSSR count). The molecule has 0 aromatic heterocycles. The van der Waals surface area contributed by atoms with Gasteiger partial charge in [0, 0.05) is 0 Å². The van der Waals surface area contributed by atoms with Gasteiger partial charge in [-0.3, -0.25) is 0 Å². The van der Waals surface area contributed by atoms with Gasteiger partial charge >= 0.3 is 0 Å². The Morgan fingerprint density at radius 1 is 1.22 bits per heavy atom. The normalized spacial score (nSPS) is 10.3. The van der Waals surface area contributed by atoms with Gasteiger partial charge in [-0.05, 0) is 18.7 Å². The summed E-state index contributed by atoms with van der Waals surface area (Å²) in [6.07, 6.45) is 0. The highest BCUT2D eigenvalue weighted by Crippen LogP contribution is 2.06. The number of rotatable bonds is 2. The molecule has 0 bridgehead atoms. The molecule has 0 fully saturated rings. The second kappa shape index (κ2) is 3.30. The van der Waals surface area contributed by atoms with Crippen molar-refractivity contribution in [3.05, 3.63) is 30.3 Å². The first kappa shape index (κ1) is 6.36. The van der Waals surface area contributed by atoms with Crippen molar-refractivity contribution < 1.29 is 4.43 Å². The number of hydrogen-bond donors (Lipinski definition) is 0. The summed E-state index contributed by atoms with van der Waals surface area (Å²) in [7, 11) is -0.284. The van der Waals surface area contributed by atoms with Crippen LogP contribution in [0.5, 0.6) is 5.75 Å². The molecule has 0 aliphatic heterocycles. The van der Waals surface area contributed by atoms with Crippen LogP contribution in [0.25, 0.3) is 0 Å². The van der Waals surface area contributed by atoms with E-state index in [2.05, 4.69) is 6.55 Å². The molecule has 0 atom stereocenters. The van der Waals surface area contributed by atoms with E-state index in [1.54, 1.807) is 0 Å². The van der Waals surface area contributed by atoms with Crippen molar-refractivity contribution in [3.63, 3.8) is 0 Å². The SMILES string of the molecule is C[SiH2]Oc1ccccc1. The fourth-order valence-electron chi connectivity index (χ4n) is 0.683. The minimum absolute atomic E-state index is 0.284. The van der Waals surface area contributed by atoms with E-state index in [1.165, 1.54) is 0 Å². The highest BCUT2D eigenvalue weighted by atomic mass is 28.2. The Morgan fingerprint density at radius 3 is 2.44 bits per heavy atom. The maximum Gasteiger partial charge on any atom is 0.216 e. The van der Waals surface area contributed by atoms with Crippen LogP contribution in [0.4, 0.5) is 0 Å². The second-order valence-corrected chi connectivity index (χ2v) is 2.61. The molecule has 2 heteroatoms. The van der Waals surface area contributed by atoms with Gasteiger partial charge in [0.15, 0.2) is 0 Å². The van der Waals surface area contributed by atoms with Crippen LogP contribution in [0.15, 0.2) is 30.3 Å². The topological polar surface area (TPSA) is 9.23 Å². The van der Waals surface area contributed by atoms with Crippen LogP contribution >= 0.6 is 0 Å². The minimum atomic E-state index is -0.284. The molecule has 0 aliphatic rings. The molecule has 0 spiro atoms. The predicted octanol–water partition coefficient (Wildman–Crippen LogP) is 1.20. The predicted molar refractivity (Wildman–Crippen MR) is 41.5 cm³/mol. The van der Waals surface area contributed by atoms with Crippen LogP contribution in [0, 0.1) is 0 Å². The average molecular weight is 138 g/mol. The third-order valence-corrected chi connectivity index (χ3v) is 1.68. The van der Waals surface area contributed by atoms with Crippen LogP contribution in [0.3, 0.4) is 0 Å². The summed E-state index contributed by atoms with van der Waals surface area (Å²) in [6.45, 7) is 2.12. The monoisotopic (exact) mass is 138 g/mol. The van der Waals surface area contributed by atoms with Crippen molar-refractivity contribution in [2.45, 2.75) is 6.55 Å². The smallest absolute Gasteiger partial charge is 0.216 e. The summed E-state index contributed by atoms with van der Waals surface area (Å²) in [5.41, 5.74) is 0. The summed E-state index contributed by atoms with van der Waals surface area (Å²) in [6, 6.07) is 9.93. The van der Waals surface area contributed by atoms with E-state index in [9.17, 15) is 0 Å². The Bertz CT molecular complexity index is 162. The molecule has 48 valence electrons. The maximum absolute atomic E-state index is 5.34. The Hall–Kier alpha value is -0.763. The van der Waals surface area contributed by atoms with E-state index in [0.29, 0.717) is 0 Å². The Balaban J connectivity index is 2.61. The summed E-state index contributed by atoms with van der Waals surface area (Å²) >= 11 is 0. The summed E-state index contributed by atoms with van der Waals surface area (Å²) in [4.78, 5) is 0. The first-order chi connectivity index (χ1) is 4.43. The molecule has 0 unspecified atom stereocenters. The Labute approximate surface area is 57.6 Å². The Kier molecular flexibility index (Phi) is 2.33. The van der Waals surface area contributed by atoms with Crippen molar-refractivity contribution in [2.24, 2.45) is 0 Å². The highest BCUT2D eigenvalue weighted by Gasteiger charge is 1.83. The summed E-state index contributed by atoms with van der Waals surface area (Å²) < 4.78 is 5.34. The van der Waals surface area contributed by atoms with Crippen LogP contribution in [0.2, 0.25) is 6.55 Å². The maximum atomic E-state index is 5.34. The largest absolute Gasteiger partial charge is 0.550 e. The molecule has 1 aromatic rings. The van der Waals surface area contributed by atoms with Gasteiger partial charge in [0.2, 0.25) is 9.76 Å². The molecule has 9 heavy (non-hydrogen) atoms. The zero-order valence-electron chi connectivity index (χ0n) is 5.50. The standard InChI is InChI=1S/C7H10OSi/c1-9-8-7-5-3-2-4-6-7/h2-6H,9H2,1H3. The molecular weight excluding hydrogens is 128 g/mol. The number of hydrogen-bond acceptors (Lipinski definition) is 1. The average Bonchev–Trinajstić information content (AvgIpc) is 1.91. The lowest BCUT2D eigenvalue weighted by atomic mass is 10.3. The molecule has 0 N–H and O–H groups in total. The molecule has 0 saturated heterocycles. The van der Waals surface area contributed by atoms with E-state index in [-0.39, 0.29) is 9.76 Å². The zero-order valence-corrected chi connectivity index (χ0v) is 6.92. The van der Waals surface area contributed by atoms with Crippen LogP contribution in [-0.2, 0) is 0 Å². The van der Waals surface area contributed by atoms with Gasteiger partial charge in [-0.1, -0.05) is 18.2 Å². The zero-order chi connectivity index (χ0) is 6.53. The lowest BCUT2D eigenvalue weighted by molar-refractivity contribution is 0.600. The van der Waals surface area contributed by atoms with Gasteiger partial charge in [0.1, 0.15) is 5.75 Å². The molecule has 1 nitrogen and oxygen atoms in total. The third kappa shape index (κ3) is 1.89. The van der Waals surface area contributed by atoms with Crippen molar-refractivity contribution in [1.29, 1.82) is 0 Å². The van der Waals surface area contributed by atoms with E-state index < -0.39 is 0 Å². The van der Waals surface area contributed by atoms with E-state index in [1.807, 2.05) is 30.3 Å². The fourth-order valence-corrected chi connectivity index (χ4v) is 1.21. The molecular formula is C7H10OSi. The highest BCUT2D eigenvalue weighted by molar-refractivity contribution is 6.26. The van der Waals surface area contributed by atoms with Crippen molar-refractivity contribution in [3.8, 4) is 5.75 Å². The second-order valence-electron chi connectivity index (χ2n) is 1.75. The van der Waals surface area contributed by atoms with Crippen molar-refractivity contribution in [1.82, 2.24) is 0 Å². The Morgan fingerprint density at radius 2 is 1.89 bits per heavy atom. The van der Waals surface area contributed by atoms with Gasteiger partial charge in [-0.15, -0.1) is 0 Å². The number of para-hydroxylation sites is 1. The summed E-state index contributed by atoms with van der Waals surface area (Å²) in [5, 5.41) is 0. The molecule has 0 heterocycles. The van der Waals surface area contributed by atoms with Crippen molar-refractivity contribution >= 4 is 9.76 Å². The lowest BCUT2D eigenvalue weighted by Crippen LogP contribution is -1.94. The van der Waals surface area contributed by atoms with E-state index >= 15 is 0 Å². The van der Waals surface area contributed by atoms with Gasteiger partial charge in [0.25, 0.3) is 0 Å². The van der Waals surface area contributed by atoms with Crippen molar-refractivity contribution in [2.75, 3.05) is 0 Å². The van der Waals surface area contributed by atoms with Crippen LogP contribution in [0.1, 0.15) is 0 Å². The summed E-state index contributed by atoms with van der Waals surface area (Å²) in [5.74, 6) is 1.01. The first-order valence-electron chi connectivity index (χ1n) is 3.11. The van der Waals surface area contributed by atoms with Gasteiger partial charge in [-0.2, -0.15) is 0 Å².